The molecule has 1 aliphatic rings. The third-order valence-corrected chi connectivity index (χ3v) is 5.23. The minimum atomic E-state index is -0.0868. The summed E-state index contributed by atoms with van der Waals surface area (Å²) in [5, 5.41) is 3.67. The van der Waals surface area contributed by atoms with Gasteiger partial charge in [-0.25, -0.2) is 0 Å². The van der Waals surface area contributed by atoms with Gasteiger partial charge in [-0.05, 0) is 43.7 Å². The van der Waals surface area contributed by atoms with Crippen LogP contribution >= 0.6 is 11.6 Å². The van der Waals surface area contributed by atoms with E-state index >= 15 is 0 Å². The Morgan fingerprint density at radius 1 is 1.16 bits per heavy atom. The molecule has 4 nitrogen and oxygen atoms in total. The first-order valence-electron chi connectivity index (χ1n) is 8.76. The van der Waals surface area contributed by atoms with Crippen molar-refractivity contribution in [1.29, 1.82) is 0 Å². The molecule has 1 aliphatic heterocycles. The van der Waals surface area contributed by atoms with Crippen molar-refractivity contribution >= 4 is 28.9 Å². The van der Waals surface area contributed by atoms with Crippen molar-refractivity contribution in [2.45, 2.75) is 19.9 Å². The van der Waals surface area contributed by atoms with E-state index in [9.17, 15) is 4.79 Å². The molecule has 1 heterocycles. The van der Waals surface area contributed by atoms with Crippen LogP contribution in [-0.2, 0) is 4.79 Å². The van der Waals surface area contributed by atoms with E-state index in [2.05, 4.69) is 34.5 Å². The molecule has 3 rings (SSSR count). The Balaban J connectivity index is 1.57. The molecule has 1 amide bonds. The maximum Gasteiger partial charge on any atom is 0.282 e. The Labute approximate surface area is 154 Å². The van der Waals surface area contributed by atoms with Gasteiger partial charge in [-0.3, -0.25) is 4.79 Å². The van der Waals surface area contributed by atoms with Crippen LogP contribution in [0.2, 0.25) is 5.02 Å². The fourth-order valence-electron chi connectivity index (χ4n) is 3.28. The standard InChI is InChI=1S/C20H24ClN3O/c1-15-8-9-17(21)14-19(15)22-20(25)16(2)23-10-12-24(13-11-23)18-6-4-3-5-7-18/h3-9,14,16H,10-13H2,1-2H3,(H,22,25)/p+1/t16-/m1/s1. The normalized spacial score (nSPS) is 16.5. The van der Waals surface area contributed by atoms with Gasteiger partial charge < -0.3 is 15.1 Å². The number of rotatable bonds is 4. The summed E-state index contributed by atoms with van der Waals surface area (Å²) < 4.78 is 0. The quantitative estimate of drug-likeness (QED) is 0.880. The van der Waals surface area contributed by atoms with E-state index in [-0.39, 0.29) is 11.9 Å². The van der Waals surface area contributed by atoms with E-state index in [1.807, 2.05) is 38.1 Å². The predicted molar refractivity (Wildman–Crippen MR) is 104 cm³/mol. The first-order valence-corrected chi connectivity index (χ1v) is 9.14. The van der Waals surface area contributed by atoms with Crippen LogP contribution in [0.3, 0.4) is 0 Å². The number of hydrogen-bond donors (Lipinski definition) is 2. The smallest absolute Gasteiger partial charge is 0.282 e. The number of quaternary nitrogens is 1. The number of anilines is 2. The summed E-state index contributed by atoms with van der Waals surface area (Å²) in [4.78, 5) is 16.3. The second-order valence-electron chi connectivity index (χ2n) is 6.65. The van der Waals surface area contributed by atoms with Gasteiger partial charge in [-0.1, -0.05) is 35.9 Å². The Bertz CT molecular complexity index is 727. The largest absolute Gasteiger partial charge is 0.360 e. The zero-order valence-corrected chi connectivity index (χ0v) is 15.5. The zero-order valence-electron chi connectivity index (χ0n) is 14.8. The van der Waals surface area contributed by atoms with Crippen LogP contribution in [0.15, 0.2) is 48.5 Å². The van der Waals surface area contributed by atoms with E-state index in [1.54, 1.807) is 0 Å². The van der Waals surface area contributed by atoms with Crippen molar-refractivity contribution in [3.05, 3.63) is 59.1 Å². The number of piperazine rings is 1. The lowest BCUT2D eigenvalue weighted by molar-refractivity contribution is -0.914. The molecule has 0 spiro atoms. The molecule has 1 saturated heterocycles. The summed E-state index contributed by atoms with van der Waals surface area (Å²) in [6, 6.07) is 15.9. The van der Waals surface area contributed by atoms with Gasteiger partial charge in [0.05, 0.1) is 26.2 Å². The molecular weight excluding hydrogens is 334 g/mol. The van der Waals surface area contributed by atoms with Crippen molar-refractivity contribution in [3.63, 3.8) is 0 Å². The molecule has 0 saturated carbocycles. The fraction of sp³-hybridized carbons (Fsp3) is 0.350. The molecule has 2 aromatic carbocycles. The van der Waals surface area contributed by atoms with E-state index in [1.165, 1.54) is 10.6 Å². The summed E-state index contributed by atoms with van der Waals surface area (Å²) >= 11 is 6.04. The molecule has 2 aromatic rings. The number of halogens is 1. The number of amides is 1. The summed E-state index contributed by atoms with van der Waals surface area (Å²) in [6.45, 7) is 7.82. The van der Waals surface area contributed by atoms with E-state index in [0.717, 1.165) is 37.4 Å². The van der Waals surface area contributed by atoms with Crippen molar-refractivity contribution in [2.24, 2.45) is 0 Å². The molecule has 132 valence electrons. The summed E-state index contributed by atoms with van der Waals surface area (Å²) in [5.41, 5.74) is 3.08. The van der Waals surface area contributed by atoms with Gasteiger partial charge in [0, 0.05) is 16.4 Å². The monoisotopic (exact) mass is 358 g/mol. The maximum atomic E-state index is 12.6. The third-order valence-electron chi connectivity index (χ3n) is 4.99. The van der Waals surface area contributed by atoms with Gasteiger partial charge in [0.25, 0.3) is 5.91 Å². The first-order chi connectivity index (χ1) is 12.0. The molecular formula is C20H25ClN3O+. The van der Waals surface area contributed by atoms with Gasteiger partial charge >= 0.3 is 0 Å². The highest BCUT2D eigenvalue weighted by atomic mass is 35.5. The average Bonchev–Trinajstić information content (AvgIpc) is 2.65. The van der Waals surface area contributed by atoms with Gasteiger partial charge in [-0.15, -0.1) is 0 Å². The Morgan fingerprint density at radius 2 is 1.84 bits per heavy atom. The predicted octanol–water partition coefficient (Wildman–Crippen LogP) is 2.38. The zero-order chi connectivity index (χ0) is 17.8. The molecule has 1 atom stereocenters. The van der Waals surface area contributed by atoms with Crippen LogP contribution in [0.25, 0.3) is 0 Å². The third kappa shape index (κ3) is 4.33. The number of carbonyl (C=O) groups excluding carboxylic acids is 1. The van der Waals surface area contributed by atoms with Crippen LogP contribution < -0.4 is 15.1 Å². The molecule has 25 heavy (non-hydrogen) atoms. The highest BCUT2D eigenvalue weighted by molar-refractivity contribution is 6.31. The minimum Gasteiger partial charge on any atom is -0.360 e. The summed E-state index contributed by atoms with van der Waals surface area (Å²) in [7, 11) is 0. The SMILES string of the molecule is Cc1ccc(Cl)cc1NC(=O)[C@@H](C)[NH+]1CCN(c2ccccc2)CC1. The van der Waals surface area contributed by atoms with E-state index in [4.69, 9.17) is 11.6 Å². The Morgan fingerprint density at radius 3 is 2.52 bits per heavy atom. The Hall–Kier alpha value is -2.04. The van der Waals surface area contributed by atoms with Gasteiger partial charge in [-0.2, -0.15) is 0 Å². The molecule has 0 bridgehead atoms. The molecule has 0 aromatic heterocycles. The summed E-state index contributed by atoms with van der Waals surface area (Å²) in [6.07, 6.45) is 0. The molecule has 5 heteroatoms. The Kier molecular flexibility index (Phi) is 5.61. The number of nitrogens with one attached hydrogen (secondary N) is 2. The van der Waals surface area contributed by atoms with Crippen LogP contribution in [0.5, 0.6) is 0 Å². The van der Waals surface area contributed by atoms with E-state index < -0.39 is 0 Å². The average molecular weight is 359 g/mol. The second kappa shape index (κ2) is 7.89. The molecule has 0 unspecified atom stereocenters. The van der Waals surface area contributed by atoms with Crippen molar-refractivity contribution in [3.8, 4) is 0 Å². The second-order valence-corrected chi connectivity index (χ2v) is 7.09. The van der Waals surface area contributed by atoms with Crippen LogP contribution in [0.1, 0.15) is 12.5 Å². The molecule has 2 N–H and O–H groups in total. The van der Waals surface area contributed by atoms with E-state index in [0.29, 0.717) is 5.02 Å². The minimum absolute atomic E-state index is 0.0496. The fourth-order valence-corrected chi connectivity index (χ4v) is 3.45. The molecule has 1 fully saturated rings. The van der Waals surface area contributed by atoms with Gasteiger partial charge in [0.15, 0.2) is 6.04 Å². The first kappa shape index (κ1) is 17.8. The highest BCUT2D eigenvalue weighted by Gasteiger charge is 2.29. The number of aryl methyl sites for hydroxylation is 1. The molecule has 0 radical (unpaired) electrons. The summed E-state index contributed by atoms with van der Waals surface area (Å²) in [5.74, 6) is 0.0496. The lowest BCUT2D eigenvalue weighted by Crippen LogP contribution is -3.19. The van der Waals surface area contributed by atoms with Gasteiger partial charge in [0.2, 0.25) is 0 Å². The number of nitrogens with zero attached hydrogens (tertiary/aromatic N) is 1. The topological polar surface area (TPSA) is 36.8 Å². The number of carbonyl (C=O) groups is 1. The van der Waals surface area contributed by atoms with Crippen molar-refractivity contribution in [2.75, 3.05) is 36.4 Å². The maximum absolute atomic E-state index is 12.6. The number of benzene rings is 2. The van der Waals surface area contributed by atoms with Crippen LogP contribution in [0.4, 0.5) is 11.4 Å². The molecule has 0 aliphatic carbocycles. The number of hydrogen-bond acceptors (Lipinski definition) is 2. The lowest BCUT2D eigenvalue weighted by atomic mass is 10.1. The number of para-hydroxylation sites is 1. The highest BCUT2D eigenvalue weighted by Crippen LogP contribution is 2.20. The van der Waals surface area contributed by atoms with Crippen LogP contribution in [-0.4, -0.2) is 38.1 Å². The van der Waals surface area contributed by atoms with Crippen molar-refractivity contribution in [1.82, 2.24) is 0 Å². The van der Waals surface area contributed by atoms with Crippen LogP contribution in [0, 0.1) is 6.92 Å². The lowest BCUT2D eigenvalue weighted by Gasteiger charge is -2.36. The van der Waals surface area contributed by atoms with Crippen molar-refractivity contribution < 1.29 is 9.69 Å². The van der Waals surface area contributed by atoms with Gasteiger partial charge in [0.1, 0.15) is 0 Å².